The zero-order valence-corrected chi connectivity index (χ0v) is 25.9. The molecule has 6 aliphatic carbocycles. The highest BCUT2D eigenvalue weighted by molar-refractivity contribution is 5.88. The highest BCUT2D eigenvalue weighted by atomic mass is 16.5. The number of ketones is 1. The molecule has 2 N–H and O–H groups in total. The highest BCUT2D eigenvalue weighted by Crippen LogP contribution is 2.62. The fourth-order valence-electron chi connectivity index (χ4n) is 10.6. The molecule has 2 aromatic rings. The van der Waals surface area contributed by atoms with Crippen LogP contribution in [-0.4, -0.2) is 28.1 Å². The summed E-state index contributed by atoms with van der Waals surface area (Å²) in [4.78, 5) is 23.7. The van der Waals surface area contributed by atoms with E-state index < -0.39 is 0 Å². The van der Waals surface area contributed by atoms with Gasteiger partial charge in [0.2, 0.25) is 0 Å². The van der Waals surface area contributed by atoms with Gasteiger partial charge in [0.1, 0.15) is 23.4 Å². The molecule has 0 radical (unpaired) electrons. The molecule has 8 unspecified atom stereocenters. The van der Waals surface area contributed by atoms with Crippen LogP contribution in [-0.2, 0) is 27.2 Å². The number of Topliss-reactive ketones (excluding diaryl/α,β-unsaturated/α-hetero) is 1. The summed E-state index contributed by atoms with van der Waals surface area (Å²) in [6.07, 6.45) is 14.0. The number of carbonyl (C=O) groups excluding carboxylic acids is 2. The van der Waals surface area contributed by atoms with Gasteiger partial charge in [0, 0.05) is 30.1 Å². The Hall–Kier alpha value is -3.08. The van der Waals surface area contributed by atoms with E-state index in [9.17, 15) is 19.8 Å². The first kappa shape index (κ1) is 28.7. The minimum absolute atomic E-state index is 0.100. The maximum absolute atomic E-state index is 12.2. The molecule has 0 amide bonds. The molecule has 2 aromatic carbocycles. The van der Waals surface area contributed by atoms with Gasteiger partial charge < -0.3 is 14.9 Å². The Bertz CT molecular complexity index is 1490. The van der Waals surface area contributed by atoms with Gasteiger partial charge in [-0.05, 0) is 134 Å². The van der Waals surface area contributed by atoms with E-state index in [2.05, 4.69) is 32.1 Å². The van der Waals surface area contributed by atoms with Crippen LogP contribution in [0, 0.1) is 28.6 Å². The van der Waals surface area contributed by atoms with Gasteiger partial charge in [0.05, 0.1) is 0 Å². The average molecular weight is 583 g/mol. The summed E-state index contributed by atoms with van der Waals surface area (Å²) in [6.45, 7) is 6.06. The number of hydrogen-bond donors (Lipinski definition) is 2. The number of fused-ring (bicyclic) bond motifs is 10. The maximum Gasteiger partial charge on any atom is 0.302 e. The number of aromatic hydroxyl groups is 2. The molecule has 43 heavy (non-hydrogen) atoms. The monoisotopic (exact) mass is 582 g/mol. The number of rotatable bonds is 1. The fraction of sp³-hybridized carbons (Fsp3) is 0.579. The summed E-state index contributed by atoms with van der Waals surface area (Å²) in [5, 5.41) is 19.4. The third-order valence-corrected chi connectivity index (χ3v) is 12.8. The van der Waals surface area contributed by atoms with Gasteiger partial charge in [-0.2, -0.15) is 0 Å². The third-order valence-electron chi connectivity index (χ3n) is 12.8. The van der Waals surface area contributed by atoms with Crippen molar-refractivity contribution in [1.82, 2.24) is 0 Å². The van der Waals surface area contributed by atoms with E-state index in [1.54, 1.807) is 6.07 Å². The van der Waals surface area contributed by atoms with Crippen molar-refractivity contribution < 1.29 is 24.5 Å². The number of allylic oxidation sites excluding steroid dienone is 2. The highest BCUT2D eigenvalue weighted by Gasteiger charge is 2.56. The van der Waals surface area contributed by atoms with Crippen LogP contribution < -0.4 is 0 Å². The van der Waals surface area contributed by atoms with Crippen molar-refractivity contribution in [3.8, 4) is 11.5 Å². The molecule has 0 aliphatic heterocycles. The molecule has 0 spiro atoms. The largest absolute Gasteiger partial charge is 0.508 e. The van der Waals surface area contributed by atoms with Crippen LogP contribution in [0.5, 0.6) is 11.5 Å². The van der Waals surface area contributed by atoms with Gasteiger partial charge >= 0.3 is 5.97 Å². The Morgan fingerprint density at radius 1 is 0.860 bits per heavy atom. The van der Waals surface area contributed by atoms with E-state index in [0.717, 1.165) is 51.4 Å². The van der Waals surface area contributed by atoms with Crippen molar-refractivity contribution in [2.75, 3.05) is 0 Å². The van der Waals surface area contributed by atoms with Gasteiger partial charge in [0.25, 0.3) is 0 Å². The van der Waals surface area contributed by atoms with E-state index in [-0.39, 0.29) is 22.9 Å². The van der Waals surface area contributed by atoms with Crippen molar-refractivity contribution in [2.45, 2.75) is 109 Å². The van der Waals surface area contributed by atoms with Crippen LogP contribution in [0.4, 0.5) is 0 Å². The predicted molar refractivity (Wildman–Crippen MR) is 166 cm³/mol. The zero-order valence-electron chi connectivity index (χ0n) is 25.9. The Labute approximate surface area is 255 Å². The fourth-order valence-corrected chi connectivity index (χ4v) is 10.6. The van der Waals surface area contributed by atoms with Gasteiger partial charge in [-0.25, -0.2) is 0 Å². The number of phenols is 2. The Morgan fingerprint density at radius 2 is 1.60 bits per heavy atom. The SMILES string of the molecule is CC(=O)OC1CCC2C3CCc4cc(O)ccc4C3CCC12C.CC12CCC3C(=CCc4cc(O)ccc43)C1CCC2=O. The number of phenolic OH excluding ortho intramolecular Hbond substituents is 2. The molecule has 5 nitrogen and oxygen atoms in total. The summed E-state index contributed by atoms with van der Waals surface area (Å²) in [6, 6.07) is 11.7. The van der Waals surface area contributed by atoms with Crippen molar-refractivity contribution in [1.29, 1.82) is 0 Å². The second-order valence-electron chi connectivity index (χ2n) is 14.8. The molecule has 6 aliphatic rings. The number of ether oxygens (including phenoxy) is 1. The first-order valence-electron chi connectivity index (χ1n) is 16.6. The summed E-state index contributed by atoms with van der Waals surface area (Å²) in [5.41, 5.74) is 6.98. The Morgan fingerprint density at radius 3 is 2.37 bits per heavy atom. The quantitative estimate of drug-likeness (QED) is 0.264. The van der Waals surface area contributed by atoms with Gasteiger partial charge in [0.15, 0.2) is 0 Å². The lowest BCUT2D eigenvalue weighted by atomic mass is 9.55. The molecule has 4 fully saturated rings. The average Bonchev–Trinajstić information content (AvgIpc) is 3.47. The van der Waals surface area contributed by atoms with Crippen molar-refractivity contribution in [3.05, 3.63) is 70.3 Å². The lowest BCUT2D eigenvalue weighted by Gasteiger charge is -2.50. The topological polar surface area (TPSA) is 83.8 Å². The lowest BCUT2D eigenvalue weighted by Crippen LogP contribution is -2.45. The van der Waals surface area contributed by atoms with E-state index in [1.807, 2.05) is 18.2 Å². The van der Waals surface area contributed by atoms with Crippen molar-refractivity contribution in [3.63, 3.8) is 0 Å². The van der Waals surface area contributed by atoms with Crippen LogP contribution >= 0.6 is 0 Å². The summed E-state index contributed by atoms with van der Waals surface area (Å²) in [5.74, 6) is 3.99. The molecule has 0 aromatic heterocycles. The van der Waals surface area contributed by atoms with Crippen LogP contribution in [0.1, 0.15) is 113 Å². The van der Waals surface area contributed by atoms with E-state index in [4.69, 9.17) is 4.74 Å². The summed E-state index contributed by atoms with van der Waals surface area (Å²) in [7, 11) is 0. The summed E-state index contributed by atoms with van der Waals surface area (Å²) < 4.78 is 5.68. The Kier molecular flexibility index (Phi) is 7.02. The molecule has 8 rings (SSSR count). The van der Waals surface area contributed by atoms with Crippen molar-refractivity contribution in [2.24, 2.45) is 28.6 Å². The number of carbonyl (C=O) groups is 2. The lowest BCUT2D eigenvalue weighted by molar-refractivity contribution is -0.154. The second kappa shape index (κ2) is 10.5. The van der Waals surface area contributed by atoms with E-state index >= 15 is 0 Å². The normalized spacial score (nSPS) is 36.8. The Balaban J connectivity index is 0.000000141. The van der Waals surface area contributed by atoms with E-state index in [0.29, 0.717) is 46.9 Å². The van der Waals surface area contributed by atoms with Crippen LogP contribution in [0.2, 0.25) is 0 Å². The molecule has 4 saturated carbocycles. The van der Waals surface area contributed by atoms with Crippen LogP contribution in [0.15, 0.2) is 48.0 Å². The number of esters is 1. The maximum atomic E-state index is 12.2. The minimum atomic E-state index is -0.136. The van der Waals surface area contributed by atoms with Crippen molar-refractivity contribution >= 4 is 11.8 Å². The van der Waals surface area contributed by atoms with E-state index in [1.165, 1.54) is 54.0 Å². The standard InChI is InChI=1S/C20H26O3.C18H20O2/c1-12(21)23-19-8-7-18-17-5-3-13-11-14(22)4-6-15(13)16(17)9-10-20(18,19)2;1-18-9-8-14-13-5-3-12(19)10-11(13)2-4-15(14)16(18)6-7-17(18)20/h4,6,11,16-19,22H,3,5,7-10H2,1-2H3;3-5,10,14,16,19H,2,6-9H2,1H3. The first-order valence-corrected chi connectivity index (χ1v) is 16.6. The molecular weight excluding hydrogens is 536 g/mol. The van der Waals surface area contributed by atoms with Crippen LogP contribution in [0.25, 0.3) is 0 Å². The number of benzene rings is 2. The third kappa shape index (κ3) is 4.64. The van der Waals surface area contributed by atoms with Gasteiger partial charge in [-0.15, -0.1) is 0 Å². The van der Waals surface area contributed by atoms with Crippen LogP contribution in [0.3, 0.4) is 0 Å². The zero-order chi connectivity index (χ0) is 30.1. The van der Waals surface area contributed by atoms with Gasteiger partial charge in [-0.1, -0.05) is 37.6 Å². The molecular formula is C38H46O5. The second-order valence-corrected chi connectivity index (χ2v) is 14.8. The molecule has 228 valence electrons. The molecule has 0 saturated heterocycles. The molecule has 5 heteroatoms. The number of hydrogen-bond acceptors (Lipinski definition) is 5. The molecule has 0 heterocycles. The molecule has 0 bridgehead atoms. The van der Waals surface area contributed by atoms with Gasteiger partial charge in [-0.3, -0.25) is 9.59 Å². The number of aryl methyl sites for hydroxylation is 1. The summed E-state index contributed by atoms with van der Waals surface area (Å²) >= 11 is 0. The predicted octanol–water partition coefficient (Wildman–Crippen LogP) is 7.92. The smallest absolute Gasteiger partial charge is 0.302 e. The minimum Gasteiger partial charge on any atom is -0.508 e. The first-order chi connectivity index (χ1) is 20.6. The molecule has 8 atom stereocenters.